The minimum atomic E-state index is -1.27. The van der Waals surface area contributed by atoms with E-state index >= 15 is 0 Å². The van der Waals surface area contributed by atoms with Crippen molar-refractivity contribution in [1.82, 2.24) is 4.98 Å². The second-order valence-electron chi connectivity index (χ2n) is 5.90. The third-order valence-corrected chi connectivity index (χ3v) is 6.36. The molecule has 7 heteroatoms. The fourth-order valence-electron chi connectivity index (χ4n) is 3.45. The van der Waals surface area contributed by atoms with Crippen LogP contribution in [0, 0.1) is 18.7 Å². The minimum Gasteiger partial charge on any atom is -0.447 e. The normalized spacial score (nSPS) is 31.9. The number of hydrogen-bond acceptors (Lipinski definition) is 4. The Labute approximate surface area is 144 Å². The molecule has 1 aliphatic carbocycles. The van der Waals surface area contributed by atoms with Gasteiger partial charge >= 0.3 is 0 Å². The van der Waals surface area contributed by atoms with Gasteiger partial charge in [-0.05, 0) is 31.5 Å². The molecular formula is C16H12BrF2N2OS. The van der Waals surface area contributed by atoms with Crippen LogP contribution in [-0.4, -0.2) is 17.2 Å². The summed E-state index contributed by atoms with van der Waals surface area (Å²) in [5.74, 6) is 0.0585. The van der Waals surface area contributed by atoms with Gasteiger partial charge in [0, 0.05) is 16.0 Å². The Morgan fingerprint density at radius 2 is 2.35 bits per heavy atom. The molecular weight excluding hydrogens is 386 g/mol. The summed E-state index contributed by atoms with van der Waals surface area (Å²) in [6, 6.07) is 4.53. The number of benzene rings is 1. The zero-order valence-corrected chi connectivity index (χ0v) is 14.5. The number of alkyl halides is 1. The van der Waals surface area contributed by atoms with Gasteiger partial charge < -0.3 is 4.42 Å². The predicted molar refractivity (Wildman–Crippen MR) is 87.8 cm³/mol. The van der Waals surface area contributed by atoms with Gasteiger partial charge in [0.2, 0.25) is 0 Å². The first-order valence-corrected chi connectivity index (χ1v) is 8.71. The van der Waals surface area contributed by atoms with Gasteiger partial charge in [0.15, 0.2) is 6.39 Å². The fourth-order valence-corrected chi connectivity index (χ4v) is 5.06. The SMILES string of the molecule is Cc1ncoc1[C@]12C[C@H]1[C@@](CF)(c1cc(Br)ccc1F)N=[C]S2. The molecule has 1 aromatic heterocycles. The number of rotatable bonds is 3. The molecule has 3 atom stereocenters. The zero-order valence-electron chi connectivity index (χ0n) is 12.1. The number of aryl methyl sites for hydroxylation is 1. The van der Waals surface area contributed by atoms with E-state index in [-0.39, 0.29) is 11.5 Å². The van der Waals surface area contributed by atoms with Crippen LogP contribution in [0.15, 0.2) is 38.5 Å². The van der Waals surface area contributed by atoms with Crippen molar-refractivity contribution in [3.63, 3.8) is 0 Å². The Hall–Kier alpha value is -1.21. The van der Waals surface area contributed by atoms with Crippen molar-refractivity contribution in [2.24, 2.45) is 10.9 Å². The number of hydrogen-bond donors (Lipinski definition) is 0. The molecule has 3 nitrogen and oxygen atoms in total. The molecule has 0 bridgehead atoms. The lowest BCUT2D eigenvalue weighted by Crippen LogP contribution is -2.36. The molecule has 0 amide bonds. The minimum absolute atomic E-state index is 0.193. The van der Waals surface area contributed by atoms with Crippen LogP contribution in [-0.2, 0) is 10.3 Å². The van der Waals surface area contributed by atoms with Crippen molar-refractivity contribution in [1.29, 1.82) is 0 Å². The van der Waals surface area contributed by atoms with Crippen molar-refractivity contribution in [3.8, 4) is 0 Å². The van der Waals surface area contributed by atoms with E-state index in [0.29, 0.717) is 16.7 Å². The van der Waals surface area contributed by atoms with Crippen LogP contribution < -0.4 is 0 Å². The summed E-state index contributed by atoms with van der Waals surface area (Å²) in [7, 11) is 0. The second-order valence-corrected chi connectivity index (χ2v) is 7.93. The molecule has 1 aromatic carbocycles. The zero-order chi connectivity index (χ0) is 16.2. The maximum Gasteiger partial charge on any atom is 0.181 e. The van der Waals surface area contributed by atoms with E-state index in [1.54, 1.807) is 12.1 Å². The summed E-state index contributed by atoms with van der Waals surface area (Å²) in [6.45, 7) is 1.07. The molecule has 4 rings (SSSR count). The second kappa shape index (κ2) is 5.14. The van der Waals surface area contributed by atoms with Crippen LogP contribution in [0.25, 0.3) is 0 Å². The summed E-state index contributed by atoms with van der Waals surface area (Å²) < 4.78 is 34.3. The average molecular weight is 398 g/mol. The van der Waals surface area contributed by atoms with Crippen LogP contribution in [0.5, 0.6) is 0 Å². The Morgan fingerprint density at radius 1 is 1.52 bits per heavy atom. The molecule has 0 spiro atoms. The number of aliphatic imine (C=N–C) groups is 1. The van der Waals surface area contributed by atoms with Crippen LogP contribution >= 0.6 is 27.7 Å². The van der Waals surface area contributed by atoms with Gasteiger partial charge in [0.05, 0.1) is 10.4 Å². The molecule has 23 heavy (non-hydrogen) atoms. The van der Waals surface area contributed by atoms with E-state index < -0.39 is 22.8 Å². The van der Waals surface area contributed by atoms with E-state index in [1.807, 2.05) is 6.92 Å². The Balaban J connectivity index is 1.85. The maximum atomic E-state index is 14.4. The van der Waals surface area contributed by atoms with E-state index in [4.69, 9.17) is 4.42 Å². The van der Waals surface area contributed by atoms with E-state index in [0.717, 1.165) is 5.69 Å². The first-order valence-electron chi connectivity index (χ1n) is 7.10. The fraction of sp³-hybridized carbons (Fsp3) is 0.375. The first-order chi connectivity index (χ1) is 11.0. The van der Waals surface area contributed by atoms with Gasteiger partial charge in [-0.1, -0.05) is 27.7 Å². The molecule has 1 fully saturated rings. The molecule has 0 N–H and O–H groups in total. The summed E-state index contributed by atoms with van der Waals surface area (Å²) in [6.07, 6.45) is 2.04. The highest BCUT2D eigenvalue weighted by atomic mass is 79.9. The molecule has 1 saturated carbocycles. The molecule has 2 aliphatic rings. The molecule has 0 saturated heterocycles. The molecule has 2 heterocycles. The van der Waals surface area contributed by atoms with Crippen LogP contribution in [0.4, 0.5) is 8.78 Å². The number of oxazole rings is 1. The number of halogens is 3. The van der Waals surface area contributed by atoms with Gasteiger partial charge in [0.1, 0.15) is 29.3 Å². The number of aromatic nitrogens is 1. The van der Waals surface area contributed by atoms with Crippen molar-refractivity contribution >= 4 is 33.2 Å². The highest BCUT2D eigenvalue weighted by Crippen LogP contribution is 2.71. The first kappa shape index (κ1) is 15.3. The summed E-state index contributed by atoms with van der Waals surface area (Å²) in [5.41, 5.74) is 2.61. The third kappa shape index (κ3) is 2.05. The Bertz CT molecular complexity index is 811. The lowest BCUT2D eigenvalue weighted by atomic mass is 9.84. The van der Waals surface area contributed by atoms with Gasteiger partial charge in [-0.2, -0.15) is 0 Å². The Kier molecular flexibility index (Phi) is 3.43. The maximum absolute atomic E-state index is 14.4. The lowest BCUT2D eigenvalue weighted by molar-refractivity contribution is 0.260. The number of fused-ring (bicyclic) bond motifs is 1. The van der Waals surface area contributed by atoms with Crippen molar-refractivity contribution < 1.29 is 13.2 Å². The topological polar surface area (TPSA) is 38.4 Å². The smallest absolute Gasteiger partial charge is 0.181 e. The van der Waals surface area contributed by atoms with E-state index in [1.165, 1.54) is 24.2 Å². The van der Waals surface area contributed by atoms with Crippen LogP contribution in [0.2, 0.25) is 0 Å². The third-order valence-electron chi connectivity index (χ3n) is 4.69. The molecule has 1 aliphatic heterocycles. The van der Waals surface area contributed by atoms with Crippen molar-refractivity contribution in [3.05, 3.63) is 51.9 Å². The van der Waals surface area contributed by atoms with Gasteiger partial charge in [0.25, 0.3) is 0 Å². The van der Waals surface area contributed by atoms with E-state index in [9.17, 15) is 8.78 Å². The average Bonchev–Trinajstić information content (AvgIpc) is 3.16. The highest BCUT2D eigenvalue weighted by Gasteiger charge is 2.70. The van der Waals surface area contributed by atoms with Crippen molar-refractivity contribution in [2.75, 3.05) is 6.67 Å². The van der Waals surface area contributed by atoms with Gasteiger partial charge in [-0.15, -0.1) is 0 Å². The monoisotopic (exact) mass is 397 g/mol. The highest BCUT2D eigenvalue weighted by molar-refractivity contribution is 9.10. The number of nitrogens with zero attached hydrogens (tertiary/aromatic N) is 2. The molecule has 1 radical (unpaired) electrons. The van der Waals surface area contributed by atoms with Crippen LogP contribution in [0.1, 0.15) is 23.4 Å². The standard InChI is InChI=1S/C16H12BrF2N2OS/c1-9-14(22-7-20-9)16-5-13(16)15(6-18,21-8-23-16)11-4-10(17)2-3-12(11)19/h2-4,7,13H,5-6H2,1H3/t13-,15+,16-/m0/s1. The molecule has 2 aromatic rings. The number of thioether (sulfide) groups is 1. The largest absolute Gasteiger partial charge is 0.447 e. The van der Waals surface area contributed by atoms with Crippen molar-refractivity contribution in [2.45, 2.75) is 23.6 Å². The lowest BCUT2D eigenvalue weighted by Gasteiger charge is -2.33. The van der Waals surface area contributed by atoms with Crippen LogP contribution in [0.3, 0.4) is 0 Å². The molecule has 0 unspecified atom stereocenters. The summed E-state index contributed by atoms with van der Waals surface area (Å²) >= 11 is 4.71. The van der Waals surface area contributed by atoms with Gasteiger partial charge in [-0.25, -0.2) is 13.8 Å². The predicted octanol–water partition coefficient (Wildman–Crippen LogP) is 4.62. The quantitative estimate of drug-likeness (QED) is 0.758. The van der Waals surface area contributed by atoms with E-state index in [2.05, 4.69) is 31.5 Å². The molecule has 119 valence electrons. The Morgan fingerprint density at radius 3 is 3.04 bits per heavy atom. The summed E-state index contributed by atoms with van der Waals surface area (Å²) in [5, 5.41) is 0. The van der Waals surface area contributed by atoms with Gasteiger partial charge in [-0.3, -0.25) is 4.99 Å². The summed E-state index contributed by atoms with van der Waals surface area (Å²) in [4.78, 5) is 8.40.